The number of aliphatic hydroxyl groups is 1. The topological polar surface area (TPSA) is 80.3 Å². The number of carbonyl (C=O) groups excluding carboxylic acids is 1. The van der Waals surface area contributed by atoms with Crippen LogP contribution in [0.4, 0.5) is 5.69 Å². The normalized spacial score (nSPS) is 14.5. The van der Waals surface area contributed by atoms with Gasteiger partial charge in [-0.25, -0.2) is 0 Å². The van der Waals surface area contributed by atoms with Gasteiger partial charge in [-0.2, -0.15) is 0 Å². The maximum absolute atomic E-state index is 11.7. The number of nitrogens with two attached hydrogens (primary N) is 1. The zero-order valence-electron chi connectivity index (χ0n) is 9.95. The Morgan fingerprint density at radius 2 is 2.31 bits per heavy atom. The standard InChI is InChI=1S/C11H19N3O2/c1-4-11(2,16)7-13-10(15)9-5-8(12)6-14(9)3/h5-6,16H,4,7,12H2,1-3H3,(H,13,15). The number of hydrogen-bond acceptors (Lipinski definition) is 3. The van der Waals surface area contributed by atoms with Crippen molar-refractivity contribution >= 4 is 11.6 Å². The molecule has 0 bridgehead atoms. The van der Waals surface area contributed by atoms with Crippen LogP contribution in [0.2, 0.25) is 0 Å². The van der Waals surface area contributed by atoms with E-state index in [9.17, 15) is 9.90 Å². The monoisotopic (exact) mass is 225 g/mol. The van der Waals surface area contributed by atoms with E-state index in [-0.39, 0.29) is 12.5 Å². The summed E-state index contributed by atoms with van der Waals surface area (Å²) < 4.78 is 1.66. The number of hydrogen-bond donors (Lipinski definition) is 3. The third-order valence-electron chi connectivity index (χ3n) is 2.65. The van der Waals surface area contributed by atoms with Crippen LogP contribution < -0.4 is 11.1 Å². The molecule has 0 aliphatic rings. The second kappa shape index (κ2) is 4.57. The fourth-order valence-corrected chi connectivity index (χ4v) is 1.30. The van der Waals surface area contributed by atoms with Crippen molar-refractivity contribution in [3.63, 3.8) is 0 Å². The third-order valence-corrected chi connectivity index (χ3v) is 2.65. The molecule has 1 atom stereocenters. The molecule has 4 N–H and O–H groups in total. The number of nitrogens with one attached hydrogen (secondary N) is 1. The average molecular weight is 225 g/mol. The fourth-order valence-electron chi connectivity index (χ4n) is 1.30. The van der Waals surface area contributed by atoms with Crippen molar-refractivity contribution in [2.45, 2.75) is 25.9 Å². The Kier molecular flexibility index (Phi) is 3.59. The Balaban J connectivity index is 2.63. The zero-order valence-corrected chi connectivity index (χ0v) is 9.95. The fraction of sp³-hybridized carbons (Fsp3) is 0.545. The molecule has 1 heterocycles. The van der Waals surface area contributed by atoms with Gasteiger partial charge in [-0.1, -0.05) is 6.92 Å². The minimum atomic E-state index is -0.869. The summed E-state index contributed by atoms with van der Waals surface area (Å²) in [5.74, 6) is -0.229. The molecule has 1 rings (SSSR count). The van der Waals surface area contributed by atoms with Gasteiger partial charge in [0.25, 0.3) is 5.91 Å². The smallest absolute Gasteiger partial charge is 0.268 e. The quantitative estimate of drug-likeness (QED) is 0.698. The van der Waals surface area contributed by atoms with Crippen LogP contribution in [0.1, 0.15) is 30.8 Å². The van der Waals surface area contributed by atoms with E-state index in [1.807, 2.05) is 6.92 Å². The highest BCUT2D eigenvalue weighted by Crippen LogP contribution is 2.10. The van der Waals surface area contributed by atoms with Gasteiger partial charge in [0.1, 0.15) is 5.69 Å². The third kappa shape index (κ3) is 3.00. The van der Waals surface area contributed by atoms with Crippen molar-refractivity contribution < 1.29 is 9.90 Å². The molecule has 16 heavy (non-hydrogen) atoms. The lowest BCUT2D eigenvalue weighted by Gasteiger charge is -2.21. The minimum Gasteiger partial charge on any atom is -0.397 e. The molecule has 1 aromatic rings. The number of aryl methyl sites for hydroxylation is 1. The van der Waals surface area contributed by atoms with Crippen LogP contribution in [0.15, 0.2) is 12.3 Å². The molecule has 0 aliphatic carbocycles. The molecule has 0 radical (unpaired) electrons. The van der Waals surface area contributed by atoms with Crippen molar-refractivity contribution in [2.75, 3.05) is 12.3 Å². The first-order valence-corrected chi connectivity index (χ1v) is 5.28. The zero-order chi connectivity index (χ0) is 12.3. The van der Waals surface area contributed by atoms with E-state index in [1.165, 1.54) is 0 Å². The average Bonchev–Trinajstić information content (AvgIpc) is 2.54. The molecule has 0 aliphatic heterocycles. The van der Waals surface area contributed by atoms with Gasteiger partial charge >= 0.3 is 0 Å². The molecule has 0 saturated heterocycles. The highest BCUT2D eigenvalue weighted by Gasteiger charge is 2.19. The largest absolute Gasteiger partial charge is 0.397 e. The molecule has 1 unspecified atom stereocenters. The lowest BCUT2D eigenvalue weighted by Crippen LogP contribution is -2.40. The first kappa shape index (κ1) is 12.6. The van der Waals surface area contributed by atoms with Crippen LogP contribution in [-0.4, -0.2) is 27.7 Å². The predicted molar refractivity (Wildman–Crippen MR) is 63.1 cm³/mol. The molecule has 1 aromatic heterocycles. The Hall–Kier alpha value is -1.49. The molecule has 5 nitrogen and oxygen atoms in total. The second-order valence-corrected chi connectivity index (χ2v) is 4.30. The summed E-state index contributed by atoms with van der Waals surface area (Å²) in [6.45, 7) is 3.78. The van der Waals surface area contributed by atoms with Crippen molar-refractivity contribution in [3.05, 3.63) is 18.0 Å². The molecule has 0 aromatic carbocycles. The SMILES string of the molecule is CCC(C)(O)CNC(=O)c1cc(N)cn1C. The van der Waals surface area contributed by atoms with Crippen molar-refractivity contribution in [3.8, 4) is 0 Å². The van der Waals surface area contributed by atoms with Gasteiger partial charge in [0.15, 0.2) is 0 Å². The molecule has 0 spiro atoms. The second-order valence-electron chi connectivity index (χ2n) is 4.30. The number of nitrogens with zero attached hydrogens (tertiary/aromatic N) is 1. The van der Waals surface area contributed by atoms with Gasteiger partial charge in [0.2, 0.25) is 0 Å². The van der Waals surface area contributed by atoms with Crippen LogP contribution in [0.3, 0.4) is 0 Å². The highest BCUT2D eigenvalue weighted by molar-refractivity contribution is 5.93. The number of carbonyl (C=O) groups is 1. The van der Waals surface area contributed by atoms with Crippen LogP contribution in [0.5, 0.6) is 0 Å². The van der Waals surface area contributed by atoms with Crippen LogP contribution in [-0.2, 0) is 7.05 Å². The number of anilines is 1. The van der Waals surface area contributed by atoms with Crippen LogP contribution in [0, 0.1) is 0 Å². The molecule has 5 heteroatoms. The summed E-state index contributed by atoms with van der Waals surface area (Å²) in [4.78, 5) is 11.7. The lowest BCUT2D eigenvalue weighted by molar-refractivity contribution is 0.0516. The molecular weight excluding hydrogens is 206 g/mol. The summed E-state index contributed by atoms with van der Waals surface area (Å²) >= 11 is 0. The van der Waals surface area contributed by atoms with E-state index < -0.39 is 5.60 Å². The Bertz CT molecular complexity index is 383. The van der Waals surface area contributed by atoms with E-state index in [4.69, 9.17) is 5.73 Å². The summed E-state index contributed by atoms with van der Waals surface area (Å²) in [7, 11) is 1.75. The van der Waals surface area contributed by atoms with Crippen molar-refractivity contribution in [1.82, 2.24) is 9.88 Å². The van der Waals surface area contributed by atoms with Gasteiger partial charge in [0, 0.05) is 19.8 Å². The molecular formula is C11H19N3O2. The first-order chi connectivity index (χ1) is 7.35. The maximum Gasteiger partial charge on any atom is 0.268 e. The first-order valence-electron chi connectivity index (χ1n) is 5.28. The number of aromatic nitrogens is 1. The Morgan fingerprint density at radius 3 is 2.75 bits per heavy atom. The Labute approximate surface area is 95.3 Å². The Morgan fingerprint density at radius 1 is 1.69 bits per heavy atom. The van der Waals surface area contributed by atoms with E-state index in [1.54, 1.807) is 30.8 Å². The summed E-state index contributed by atoms with van der Waals surface area (Å²) in [5.41, 5.74) is 5.75. The van der Waals surface area contributed by atoms with Crippen molar-refractivity contribution in [2.24, 2.45) is 7.05 Å². The number of amides is 1. The van der Waals surface area contributed by atoms with Crippen LogP contribution in [0.25, 0.3) is 0 Å². The maximum atomic E-state index is 11.7. The van der Waals surface area contributed by atoms with Gasteiger partial charge in [-0.3, -0.25) is 4.79 Å². The summed E-state index contributed by atoms with van der Waals surface area (Å²) in [5, 5.41) is 12.4. The number of nitrogen functional groups attached to an aromatic ring is 1. The molecule has 0 saturated carbocycles. The van der Waals surface area contributed by atoms with Crippen molar-refractivity contribution in [1.29, 1.82) is 0 Å². The van der Waals surface area contributed by atoms with E-state index >= 15 is 0 Å². The van der Waals surface area contributed by atoms with Gasteiger partial charge < -0.3 is 20.7 Å². The molecule has 90 valence electrons. The summed E-state index contributed by atoms with van der Waals surface area (Å²) in [6, 6.07) is 1.61. The summed E-state index contributed by atoms with van der Waals surface area (Å²) in [6.07, 6.45) is 2.26. The van der Waals surface area contributed by atoms with Gasteiger partial charge in [-0.15, -0.1) is 0 Å². The predicted octanol–water partition coefficient (Wildman–Crippen LogP) is 0.498. The molecule has 1 amide bonds. The minimum absolute atomic E-state index is 0.229. The van der Waals surface area contributed by atoms with Gasteiger partial charge in [0.05, 0.1) is 11.3 Å². The van der Waals surface area contributed by atoms with Crippen LogP contribution >= 0.6 is 0 Å². The highest BCUT2D eigenvalue weighted by atomic mass is 16.3. The molecule has 0 fully saturated rings. The van der Waals surface area contributed by atoms with E-state index in [0.29, 0.717) is 17.8 Å². The number of rotatable bonds is 4. The van der Waals surface area contributed by atoms with E-state index in [0.717, 1.165) is 0 Å². The van der Waals surface area contributed by atoms with E-state index in [2.05, 4.69) is 5.32 Å². The van der Waals surface area contributed by atoms with Gasteiger partial charge in [-0.05, 0) is 19.4 Å². The lowest BCUT2D eigenvalue weighted by atomic mass is 10.0.